The molecule has 0 saturated carbocycles. The first kappa shape index (κ1) is 25.2. The Labute approximate surface area is 209 Å². The van der Waals surface area contributed by atoms with Crippen LogP contribution < -0.4 is 9.64 Å². The number of benzene rings is 2. The van der Waals surface area contributed by atoms with E-state index in [4.69, 9.17) is 14.2 Å². The summed E-state index contributed by atoms with van der Waals surface area (Å²) >= 11 is 0. The Morgan fingerprint density at radius 2 is 1.72 bits per heavy atom. The van der Waals surface area contributed by atoms with Gasteiger partial charge in [-0.15, -0.1) is 0 Å². The Balaban J connectivity index is 1.72. The summed E-state index contributed by atoms with van der Waals surface area (Å²) in [4.78, 5) is 54.9. The largest absolute Gasteiger partial charge is 0.484 e. The zero-order valence-corrected chi connectivity index (χ0v) is 20.6. The summed E-state index contributed by atoms with van der Waals surface area (Å²) in [7, 11) is 0. The SMILES string of the molecule is CCOC(=O)[C@H]1CN(C(=O)COc2ccccc2)[C@]2(C)C(=O)N(CCOC(C)=O)c3ccccc3[C@H]12. The minimum atomic E-state index is -1.36. The van der Waals surface area contributed by atoms with Crippen molar-refractivity contribution in [1.29, 1.82) is 0 Å². The molecule has 2 aromatic rings. The fraction of sp³-hybridized carbons (Fsp3) is 0.407. The maximum Gasteiger partial charge on any atom is 0.311 e. The first-order chi connectivity index (χ1) is 17.3. The van der Waals surface area contributed by atoms with E-state index in [1.807, 2.05) is 18.2 Å². The number of para-hydroxylation sites is 2. The Hall–Kier alpha value is -3.88. The van der Waals surface area contributed by atoms with Gasteiger partial charge in [0.1, 0.15) is 17.9 Å². The molecule has 9 nitrogen and oxygen atoms in total. The van der Waals surface area contributed by atoms with Gasteiger partial charge in [-0.05, 0) is 37.6 Å². The topological polar surface area (TPSA) is 102 Å². The van der Waals surface area contributed by atoms with Gasteiger partial charge in [0, 0.05) is 25.1 Å². The molecule has 0 radical (unpaired) electrons. The third-order valence-corrected chi connectivity index (χ3v) is 6.80. The third-order valence-electron chi connectivity index (χ3n) is 6.80. The molecule has 1 saturated heterocycles. The smallest absolute Gasteiger partial charge is 0.311 e. The van der Waals surface area contributed by atoms with E-state index in [0.717, 1.165) is 5.56 Å². The summed E-state index contributed by atoms with van der Waals surface area (Å²) in [6.07, 6.45) is 0. The second-order valence-corrected chi connectivity index (χ2v) is 8.95. The van der Waals surface area contributed by atoms with Crippen LogP contribution in [0.4, 0.5) is 5.69 Å². The zero-order chi connectivity index (χ0) is 25.9. The third kappa shape index (κ3) is 4.53. The molecule has 2 heterocycles. The number of anilines is 1. The van der Waals surface area contributed by atoms with E-state index in [0.29, 0.717) is 11.4 Å². The van der Waals surface area contributed by atoms with E-state index in [2.05, 4.69) is 0 Å². The van der Waals surface area contributed by atoms with Gasteiger partial charge in [-0.2, -0.15) is 0 Å². The van der Waals surface area contributed by atoms with Gasteiger partial charge >= 0.3 is 11.9 Å². The standard InChI is InChI=1S/C27H30N2O7/c1-4-34-25(32)21-16-29(23(31)17-36-19-10-6-5-7-11-19)27(3)24(21)20-12-8-9-13-22(20)28(26(27)33)14-15-35-18(2)30/h5-13,21,24H,4,14-17H2,1-3H3/t21-,24+,27-/m0/s1. The van der Waals surface area contributed by atoms with Crippen molar-refractivity contribution in [1.82, 2.24) is 4.90 Å². The molecule has 9 heteroatoms. The molecule has 4 rings (SSSR count). The average Bonchev–Trinajstić information content (AvgIpc) is 3.20. The van der Waals surface area contributed by atoms with Gasteiger partial charge in [-0.25, -0.2) is 0 Å². The molecule has 0 aromatic heterocycles. The van der Waals surface area contributed by atoms with Crippen LogP contribution in [0.3, 0.4) is 0 Å². The van der Waals surface area contributed by atoms with Crippen LogP contribution in [-0.2, 0) is 28.7 Å². The van der Waals surface area contributed by atoms with Gasteiger partial charge in [0.05, 0.1) is 19.1 Å². The molecule has 3 atom stereocenters. The van der Waals surface area contributed by atoms with Crippen LogP contribution in [0.2, 0.25) is 0 Å². The minimum Gasteiger partial charge on any atom is -0.484 e. The molecular formula is C27H30N2O7. The van der Waals surface area contributed by atoms with E-state index >= 15 is 0 Å². The molecule has 0 unspecified atom stereocenters. The highest BCUT2D eigenvalue weighted by molar-refractivity contribution is 6.07. The van der Waals surface area contributed by atoms with E-state index in [1.165, 1.54) is 16.7 Å². The van der Waals surface area contributed by atoms with Crippen molar-refractivity contribution < 1.29 is 33.4 Å². The molecule has 190 valence electrons. The fourth-order valence-corrected chi connectivity index (χ4v) is 5.26. The van der Waals surface area contributed by atoms with Crippen molar-refractivity contribution in [2.75, 3.05) is 37.8 Å². The van der Waals surface area contributed by atoms with Crippen molar-refractivity contribution in [3.8, 4) is 5.75 Å². The quantitative estimate of drug-likeness (QED) is 0.520. The van der Waals surface area contributed by atoms with Crippen LogP contribution >= 0.6 is 0 Å². The zero-order valence-electron chi connectivity index (χ0n) is 20.6. The van der Waals surface area contributed by atoms with Crippen LogP contribution in [0.1, 0.15) is 32.3 Å². The molecule has 2 aliphatic rings. The summed E-state index contributed by atoms with van der Waals surface area (Å²) in [5, 5.41) is 0. The van der Waals surface area contributed by atoms with Crippen LogP contribution in [0.25, 0.3) is 0 Å². The lowest BCUT2D eigenvalue weighted by atomic mass is 9.72. The molecular weight excluding hydrogens is 464 g/mol. The first-order valence-electron chi connectivity index (χ1n) is 12.0. The predicted molar refractivity (Wildman–Crippen MR) is 130 cm³/mol. The number of hydrogen-bond acceptors (Lipinski definition) is 7. The second-order valence-electron chi connectivity index (χ2n) is 8.95. The molecule has 2 amide bonds. The van der Waals surface area contributed by atoms with Crippen molar-refractivity contribution in [3.05, 3.63) is 60.2 Å². The maximum atomic E-state index is 14.1. The Bertz CT molecular complexity index is 1150. The summed E-state index contributed by atoms with van der Waals surface area (Å²) in [5.41, 5.74) is 0.0279. The number of hydrogen-bond donors (Lipinski definition) is 0. The van der Waals surface area contributed by atoms with Crippen LogP contribution in [0.5, 0.6) is 5.75 Å². The highest BCUT2D eigenvalue weighted by atomic mass is 16.5. The monoisotopic (exact) mass is 494 g/mol. The number of carbonyl (C=O) groups excluding carboxylic acids is 4. The van der Waals surface area contributed by atoms with Gasteiger partial charge in [-0.1, -0.05) is 36.4 Å². The maximum absolute atomic E-state index is 14.1. The number of rotatable bonds is 8. The number of likely N-dealkylation sites (tertiary alicyclic amines) is 1. The van der Waals surface area contributed by atoms with Crippen molar-refractivity contribution >= 4 is 29.4 Å². The molecule has 0 aliphatic carbocycles. The molecule has 36 heavy (non-hydrogen) atoms. The summed E-state index contributed by atoms with van der Waals surface area (Å²) in [6.45, 7) is 4.76. The molecule has 1 fully saturated rings. The number of nitrogens with zero attached hydrogens (tertiary/aromatic N) is 2. The second kappa shape index (κ2) is 10.4. The number of carbonyl (C=O) groups is 4. The average molecular weight is 495 g/mol. The number of ether oxygens (including phenoxy) is 3. The summed E-state index contributed by atoms with van der Waals surface area (Å²) in [5.74, 6) is -2.47. The van der Waals surface area contributed by atoms with Gasteiger partial charge < -0.3 is 24.0 Å². The van der Waals surface area contributed by atoms with Crippen LogP contribution in [0, 0.1) is 5.92 Å². The Morgan fingerprint density at radius 3 is 2.42 bits per heavy atom. The summed E-state index contributed by atoms with van der Waals surface area (Å²) in [6, 6.07) is 16.2. The Morgan fingerprint density at radius 1 is 1.03 bits per heavy atom. The van der Waals surface area contributed by atoms with E-state index in [1.54, 1.807) is 50.2 Å². The van der Waals surface area contributed by atoms with Crippen LogP contribution in [-0.4, -0.2) is 67.1 Å². The van der Waals surface area contributed by atoms with Crippen molar-refractivity contribution in [3.63, 3.8) is 0 Å². The van der Waals surface area contributed by atoms with E-state index < -0.39 is 35.2 Å². The summed E-state index contributed by atoms with van der Waals surface area (Å²) < 4.78 is 16.1. The normalized spacial score (nSPS) is 22.5. The number of fused-ring (bicyclic) bond motifs is 3. The van der Waals surface area contributed by atoms with Gasteiger partial charge in [-0.3, -0.25) is 19.2 Å². The van der Waals surface area contributed by atoms with E-state index in [9.17, 15) is 19.2 Å². The highest BCUT2D eigenvalue weighted by Gasteiger charge is 2.63. The molecule has 0 N–H and O–H groups in total. The molecule has 0 bridgehead atoms. The van der Waals surface area contributed by atoms with E-state index in [-0.39, 0.29) is 38.8 Å². The molecule has 0 spiro atoms. The predicted octanol–water partition coefficient (Wildman–Crippen LogP) is 2.54. The van der Waals surface area contributed by atoms with Gasteiger partial charge in [0.2, 0.25) is 0 Å². The lowest BCUT2D eigenvalue weighted by Crippen LogP contribution is -2.62. The van der Waals surface area contributed by atoms with Crippen molar-refractivity contribution in [2.45, 2.75) is 32.2 Å². The fourth-order valence-electron chi connectivity index (χ4n) is 5.26. The molecule has 2 aliphatic heterocycles. The lowest BCUT2D eigenvalue weighted by molar-refractivity contribution is -0.148. The van der Waals surface area contributed by atoms with Gasteiger partial charge in [0.15, 0.2) is 6.61 Å². The highest BCUT2D eigenvalue weighted by Crippen LogP contribution is 2.53. The number of esters is 2. The van der Waals surface area contributed by atoms with Gasteiger partial charge in [0.25, 0.3) is 11.8 Å². The Kier molecular flexibility index (Phi) is 7.28. The number of amides is 2. The lowest BCUT2D eigenvalue weighted by Gasteiger charge is -2.46. The minimum absolute atomic E-state index is 0.00250. The first-order valence-corrected chi connectivity index (χ1v) is 12.0. The van der Waals surface area contributed by atoms with Crippen molar-refractivity contribution in [2.24, 2.45) is 5.92 Å². The molecule has 2 aromatic carbocycles. The van der Waals surface area contributed by atoms with Crippen LogP contribution in [0.15, 0.2) is 54.6 Å².